The third-order valence-electron chi connectivity index (χ3n) is 2.09. The van der Waals surface area contributed by atoms with Gasteiger partial charge in [0.25, 0.3) is 0 Å². The van der Waals surface area contributed by atoms with Crippen LogP contribution in [-0.2, 0) is 9.53 Å². The van der Waals surface area contributed by atoms with E-state index in [1.54, 1.807) is 12.2 Å². The third kappa shape index (κ3) is 3.72. The summed E-state index contributed by atoms with van der Waals surface area (Å²) in [6.07, 6.45) is 5.94. The number of esters is 1. The lowest BCUT2D eigenvalue weighted by molar-refractivity contribution is -0.137. The number of carbonyl (C=O) groups is 1. The fourth-order valence-electron chi connectivity index (χ4n) is 1.23. The van der Waals surface area contributed by atoms with Crippen molar-refractivity contribution in [2.75, 3.05) is 13.2 Å². The molecule has 3 heteroatoms. The van der Waals surface area contributed by atoms with Crippen molar-refractivity contribution < 1.29 is 14.6 Å². The molecule has 0 aromatic carbocycles. The van der Waals surface area contributed by atoms with Gasteiger partial charge in [0.15, 0.2) is 0 Å². The normalized spacial score (nSPS) is 16.1. The molecule has 0 atom stereocenters. The molecule has 1 N–H and O–H groups in total. The van der Waals surface area contributed by atoms with Gasteiger partial charge >= 0.3 is 5.97 Å². The maximum atomic E-state index is 11.5. The quantitative estimate of drug-likeness (QED) is 0.567. The summed E-state index contributed by atoms with van der Waals surface area (Å²) in [6.45, 7) is 4.13. The standard InChI is InChI=1S/C12H16O3/c1-9(2)3-4-11-7-10(8-13)5-6-15-12(11)14/h3,5,7,13H,4,6,8H2,1-2H3. The van der Waals surface area contributed by atoms with Crippen LogP contribution in [0.1, 0.15) is 20.3 Å². The number of ether oxygens (including phenoxy) is 1. The second-order valence-corrected chi connectivity index (χ2v) is 3.69. The van der Waals surface area contributed by atoms with Gasteiger partial charge in [-0.25, -0.2) is 4.79 Å². The maximum Gasteiger partial charge on any atom is 0.334 e. The molecule has 0 spiro atoms. The van der Waals surface area contributed by atoms with Gasteiger partial charge in [0.2, 0.25) is 0 Å². The Morgan fingerprint density at radius 2 is 2.33 bits per heavy atom. The predicted octanol–water partition coefficient (Wildman–Crippen LogP) is 1.74. The van der Waals surface area contributed by atoms with E-state index in [1.165, 1.54) is 0 Å². The number of aliphatic hydroxyl groups is 1. The Bertz CT molecular complexity index is 331. The average Bonchev–Trinajstić information content (AvgIpc) is 2.37. The number of allylic oxidation sites excluding steroid dienone is 2. The van der Waals surface area contributed by atoms with Crippen LogP contribution in [0.4, 0.5) is 0 Å². The molecule has 3 nitrogen and oxygen atoms in total. The third-order valence-corrected chi connectivity index (χ3v) is 2.09. The topological polar surface area (TPSA) is 46.5 Å². The zero-order valence-electron chi connectivity index (χ0n) is 9.12. The molecule has 15 heavy (non-hydrogen) atoms. The van der Waals surface area contributed by atoms with Gasteiger partial charge in [-0.1, -0.05) is 11.6 Å². The summed E-state index contributed by atoms with van der Waals surface area (Å²) in [5, 5.41) is 9.00. The lowest BCUT2D eigenvalue weighted by Gasteiger charge is -2.02. The van der Waals surface area contributed by atoms with Crippen LogP contribution < -0.4 is 0 Å². The van der Waals surface area contributed by atoms with Crippen LogP contribution >= 0.6 is 0 Å². The second kappa shape index (κ2) is 5.51. The van der Waals surface area contributed by atoms with E-state index in [4.69, 9.17) is 9.84 Å². The minimum atomic E-state index is -0.299. The van der Waals surface area contributed by atoms with Gasteiger partial charge in [-0.05, 0) is 38.0 Å². The molecule has 0 aromatic rings. The molecule has 1 aliphatic rings. The van der Waals surface area contributed by atoms with Crippen LogP contribution in [0.15, 0.2) is 34.9 Å². The minimum absolute atomic E-state index is 0.0606. The number of hydrogen-bond acceptors (Lipinski definition) is 3. The average molecular weight is 208 g/mol. The molecule has 0 unspecified atom stereocenters. The Morgan fingerprint density at radius 3 is 2.93 bits per heavy atom. The Balaban J connectivity index is 2.82. The molecule has 0 amide bonds. The van der Waals surface area contributed by atoms with E-state index in [2.05, 4.69) is 0 Å². The monoisotopic (exact) mass is 208 g/mol. The van der Waals surface area contributed by atoms with Crippen molar-refractivity contribution in [1.29, 1.82) is 0 Å². The summed E-state index contributed by atoms with van der Waals surface area (Å²) in [6, 6.07) is 0. The Kier molecular flexibility index (Phi) is 4.31. The SMILES string of the molecule is CC(C)=CCC1=CC(CO)=CCOC1=O. The number of hydrogen-bond donors (Lipinski definition) is 1. The highest BCUT2D eigenvalue weighted by atomic mass is 16.5. The first kappa shape index (κ1) is 11.7. The zero-order chi connectivity index (χ0) is 11.3. The van der Waals surface area contributed by atoms with Crippen molar-refractivity contribution in [2.45, 2.75) is 20.3 Å². The molecule has 0 saturated heterocycles. The second-order valence-electron chi connectivity index (χ2n) is 3.69. The van der Waals surface area contributed by atoms with Crippen LogP contribution in [0, 0.1) is 0 Å². The fourth-order valence-corrected chi connectivity index (χ4v) is 1.23. The summed E-state index contributed by atoms with van der Waals surface area (Å²) in [4.78, 5) is 11.5. The van der Waals surface area contributed by atoms with Crippen LogP contribution in [0.3, 0.4) is 0 Å². The first-order valence-electron chi connectivity index (χ1n) is 4.94. The molecule has 1 heterocycles. The van der Waals surface area contributed by atoms with Crippen LogP contribution in [0.2, 0.25) is 0 Å². The van der Waals surface area contributed by atoms with E-state index >= 15 is 0 Å². The summed E-state index contributed by atoms with van der Waals surface area (Å²) in [5.74, 6) is -0.299. The number of rotatable bonds is 3. The molecular weight excluding hydrogens is 192 g/mol. The lowest BCUT2D eigenvalue weighted by atomic mass is 10.1. The molecular formula is C12H16O3. The Morgan fingerprint density at radius 1 is 1.60 bits per heavy atom. The summed E-state index contributed by atoms with van der Waals surface area (Å²) in [5.41, 5.74) is 2.48. The van der Waals surface area contributed by atoms with E-state index < -0.39 is 0 Å². The van der Waals surface area contributed by atoms with Crippen molar-refractivity contribution in [1.82, 2.24) is 0 Å². The van der Waals surface area contributed by atoms with Gasteiger partial charge in [0.1, 0.15) is 6.61 Å². The molecule has 0 aromatic heterocycles. The highest BCUT2D eigenvalue weighted by Gasteiger charge is 2.12. The molecule has 0 bridgehead atoms. The molecule has 0 aliphatic carbocycles. The van der Waals surface area contributed by atoms with E-state index in [1.807, 2.05) is 19.9 Å². The fraction of sp³-hybridized carbons (Fsp3) is 0.417. The van der Waals surface area contributed by atoms with Gasteiger partial charge in [-0.15, -0.1) is 0 Å². The summed E-state index contributed by atoms with van der Waals surface area (Å²) >= 11 is 0. The molecule has 82 valence electrons. The molecule has 1 rings (SSSR count). The van der Waals surface area contributed by atoms with Gasteiger partial charge < -0.3 is 9.84 Å². The highest BCUT2D eigenvalue weighted by molar-refractivity contribution is 5.89. The predicted molar refractivity (Wildman–Crippen MR) is 58.3 cm³/mol. The van der Waals surface area contributed by atoms with Crippen molar-refractivity contribution >= 4 is 5.97 Å². The van der Waals surface area contributed by atoms with Gasteiger partial charge in [0.05, 0.1) is 6.61 Å². The number of aliphatic hydroxyl groups excluding tert-OH is 1. The first-order chi connectivity index (χ1) is 7.13. The zero-order valence-corrected chi connectivity index (χ0v) is 9.12. The van der Waals surface area contributed by atoms with Crippen molar-refractivity contribution in [2.24, 2.45) is 0 Å². The number of carbonyl (C=O) groups excluding carboxylic acids is 1. The molecule has 0 saturated carbocycles. The minimum Gasteiger partial charge on any atom is -0.458 e. The van der Waals surface area contributed by atoms with E-state index in [0.717, 1.165) is 11.1 Å². The largest absolute Gasteiger partial charge is 0.458 e. The Labute approximate surface area is 89.7 Å². The molecule has 0 fully saturated rings. The van der Waals surface area contributed by atoms with Crippen LogP contribution in [-0.4, -0.2) is 24.3 Å². The summed E-state index contributed by atoms with van der Waals surface area (Å²) in [7, 11) is 0. The van der Waals surface area contributed by atoms with Crippen LogP contribution in [0.25, 0.3) is 0 Å². The van der Waals surface area contributed by atoms with Crippen molar-refractivity contribution in [3.63, 3.8) is 0 Å². The number of cyclic esters (lactones) is 1. The van der Waals surface area contributed by atoms with E-state index in [0.29, 0.717) is 12.0 Å². The first-order valence-corrected chi connectivity index (χ1v) is 4.94. The lowest BCUT2D eigenvalue weighted by Crippen LogP contribution is -2.05. The Hall–Kier alpha value is -1.35. The van der Waals surface area contributed by atoms with E-state index in [-0.39, 0.29) is 19.2 Å². The van der Waals surface area contributed by atoms with Crippen LogP contribution in [0.5, 0.6) is 0 Å². The van der Waals surface area contributed by atoms with E-state index in [9.17, 15) is 4.79 Å². The van der Waals surface area contributed by atoms with Gasteiger partial charge in [-0.3, -0.25) is 0 Å². The van der Waals surface area contributed by atoms with Gasteiger partial charge in [-0.2, -0.15) is 0 Å². The highest BCUT2D eigenvalue weighted by Crippen LogP contribution is 2.14. The molecule has 0 radical (unpaired) electrons. The molecule has 1 aliphatic heterocycles. The van der Waals surface area contributed by atoms with Crippen molar-refractivity contribution in [3.8, 4) is 0 Å². The van der Waals surface area contributed by atoms with Crippen molar-refractivity contribution in [3.05, 3.63) is 34.9 Å². The smallest absolute Gasteiger partial charge is 0.334 e. The van der Waals surface area contributed by atoms with Gasteiger partial charge in [0, 0.05) is 5.57 Å². The maximum absolute atomic E-state index is 11.5. The summed E-state index contributed by atoms with van der Waals surface area (Å²) < 4.78 is 4.96.